The van der Waals surface area contributed by atoms with Crippen LogP contribution in [-0.2, 0) is 0 Å². The van der Waals surface area contributed by atoms with Gasteiger partial charge in [0.15, 0.2) is 0 Å². The Morgan fingerprint density at radius 3 is 1.57 bits per heavy atom. The van der Waals surface area contributed by atoms with Crippen molar-refractivity contribution in [1.29, 1.82) is 0 Å². The Morgan fingerprint density at radius 1 is 0.929 bits per heavy atom. The first-order valence-electron chi connectivity index (χ1n) is 4.88. The van der Waals surface area contributed by atoms with Crippen molar-refractivity contribution >= 4 is 5.69 Å². The van der Waals surface area contributed by atoms with Crippen molar-refractivity contribution in [1.82, 2.24) is 0 Å². The quantitative estimate of drug-likeness (QED) is 0.646. The van der Waals surface area contributed by atoms with Gasteiger partial charge in [-0.15, -0.1) is 5.69 Å². The van der Waals surface area contributed by atoms with Crippen LogP contribution < -0.4 is 29.6 Å². The fraction of sp³-hybridized carbons (Fsp3) is 0.500. The van der Waals surface area contributed by atoms with Crippen molar-refractivity contribution in [2.45, 2.75) is 39.5 Å². The van der Waals surface area contributed by atoms with E-state index in [1.54, 1.807) is 0 Å². The molecule has 1 rings (SSSR count). The first-order chi connectivity index (χ1) is 6.04. The molecule has 1 aromatic rings. The van der Waals surface area contributed by atoms with Crippen molar-refractivity contribution in [3.63, 3.8) is 0 Å². The zero-order valence-electron chi connectivity index (χ0n) is 9.89. The van der Waals surface area contributed by atoms with Crippen LogP contribution in [0, 0.1) is 0 Å². The van der Waals surface area contributed by atoms with Gasteiger partial charge in [-0.25, -0.2) is 0 Å². The van der Waals surface area contributed by atoms with E-state index in [0.717, 1.165) is 16.8 Å². The van der Waals surface area contributed by atoms with Crippen LogP contribution in [0.3, 0.4) is 0 Å². The average Bonchev–Trinajstić information content (AvgIpc) is 2.03. The molecule has 0 aliphatic rings. The van der Waals surface area contributed by atoms with E-state index < -0.39 is 0 Å². The Morgan fingerprint density at radius 2 is 1.29 bits per heavy atom. The molecule has 0 spiro atoms. The molecule has 0 saturated heterocycles. The van der Waals surface area contributed by atoms with Crippen molar-refractivity contribution < 1.29 is 29.6 Å². The topological polar surface area (TPSA) is 23.8 Å². The van der Waals surface area contributed by atoms with Crippen LogP contribution in [0.5, 0.6) is 0 Å². The molecular weight excluding hydrogens is 181 g/mol. The molecule has 0 amide bonds. The van der Waals surface area contributed by atoms with Crippen molar-refractivity contribution in [2.75, 3.05) is 0 Å². The number of hydrogen-bond donors (Lipinski definition) is 0. The SMILES string of the molecule is CC(C)c1cccc(C(C)C)c1[NH-].[Na+]. The van der Waals surface area contributed by atoms with Gasteiger partial charge in [0.2, 0.25) is 0 Å². The van der Waals surface area contributed by atoms with Gasteiger partial charge in [0.25, 0.3) is 0 Å². The molecule has 0 aliphatic carbocycles. The average molecular weight is 199 g/mol. The maximum atomic E-state index is 8.01. The van der Waals surface area contributed by atoms with Crippen LogP contribution in [0.15, 0.2) is 18.2 Å². The van der Waals surface area contributed by atoms with Crippen molar-refractivity contribution in [3.05, 3.63) is 35.1 Å². The van der Waals surface area contributed by atoms with E-state index in [0.29, 0.717) is 11.8 Å². The van der Waals surface area contributed by atoms with Gasteiger partial charge in [0.05, 0.1) is 0 Å². The number of rotatable bonds is 2. The van der Waals surface area contributed by atoms with Gasteiger partial charge in [-0.1, -0.05) is 57.0 Å². The van der Waals surface area contributed by atoms with E-state index in [1.807, 2.05) is 0 Å². The van der Waals surface area contributed by atoms with Crippen LogP contribution in [0.1, 0.15) is 50.7 Å². The molecule has 0 fully saturated rings. The Balaban J connectivity index is 0.00000169. The van der Waals surface area contributed by atoms with Crippen molar-refractivity contribution in [3.8, 4) is 0 Å². The number of hydrogen-bond acceptors (Lipinski definition) is 0. The minimum absolute atomic E-state index is 0. The van der Waals surface area contributed by atoms with Gasteiger partial charge >= 0.3 is 29.6 Å². The molecule has 0 aromatic heterocycles. The predicted octanol–water partition coefficient (Wildman–Crippen LogP) is 1.62. The van der Waals surface area contributed by atoms with Gasteiger partial charge in [0.1, 0.15) is 0 Å². The molecule has 0 aliphatic heterocycles. The molecule has 0 unspecified atom stereocenters. The smallest absolute Gasteiger partial charge is 0.698 e. The minimum Gasteiger partial charge on any atom is -0.698 e. The molecule has 72 valence electrons. The van der Waals surface area contributed by atoms with E-state index in [-0.39, 0.29) is 29.6 Å². The Bertz CT molecular complexity index is 266. The molecule has 0 heterocycles. The van der Waals surface area contributed by atoms with E-state index >= 15 is 0 Å². The summed E-state index contributed by atoms with van der Waals surface area (Å²) in [6.45, 7) is 8.55. The van der Waals surface area contributed by atoms with E-state index in [2.05, 4.69) is 45.9 Å². The summed E-state index contributed by atoms with van der Waals surface area (Å²) >= 11 is 0. The second kappa shape index (κ2) is 5.79. The molecule has 0 bridgehead atoms. The summed E-state index contributed by atoms with van der Waals surface area (Å²) in [6, 6.07) is 6.17. The van der Waals surface area contributed by atoms with Gasteiger partial charge in [-0.2, -0.15) is 0 Å². The summed E-state index contributed by atoms with van der Waals surface area (Å²) in [5.41, 5.74) is 11.1. The Hall–Kier alpha value is 0.0200. The molecule has 0 atom stereocenters. The molecule has 1 nitrogen and oxygen atoms in total. The normalized spacial score (nSPS) is 10.4. The molecule has 1 aromatic carbocycles. The maximum absolute atomic E-state index is 8.01. The summed E-state index contributed by atoms with van der Waals surface area (Å²) in [4.78, 5) is 0. The summed E-state index contributed by atoms with van der Waals surface area (Å²) in [7, 11) is 0. The van der Waals surface area contributed by atoms with Gasteiger partial charge < -0.3 is 5.73 Å². The van der Waals surface area contributed by atoms with Gasteiger partial charge in [-0.05, 0) is 11.8 Å². The van der Waals surface area contributed by atoms with E-state index in [1.165, 1.54) is 0 Å². The van der Waals surface area contributed by atoms with Gasteiger partial charge in [0, 0.05) is 0 Å². The van der Waals surface area contributed by atoms with Crippen LogP contribution in [0.4, 0.5) is 5.69 Å². The second-order valence-electron chi connectivity index (χ2n) is 4.12. The third kappa shape index (κ3) is 3.01. The number of nitrogens with one attached hydrogen (secondary N) is 1. The van der Waals surface area contributed by atoms with E-state index in [9.17, 15) is 0 Å². The number of benzene rings is 1. The van der Waals surface area contributed by atoms with Gasteiger partial charge in [-0.3, -0.25) is 0 Å². The summed E-state index contributed by atoms with van der Waals surface area (Å²) in [5.74, 6) is 0.900. The van der Waals surface area contributed by atoms with E-state index in [4.69, 9.17) is 5.73 Å². The zero-order valence-corrected chi connectivity index (χ0v) is 11.9. The largest absolute Gasteiger partial charge is 1.00 e. The molecular formula is C12H18NNa. The van der Waals surface area contributed by atoms with Crippen LogP contribution in [0.25, 0.3) is 5.73 Å². The molecule has 2 heteroatoms. The maximum Gasteiger partial charge on any atom is 1.00 e. The molecule has 0 radical (unpaired) electrons. The third-order valence-electron chi connectivity index (χ3n) is 2.37. The van der Waals surface area contributed by atoms with Crippen molar-refractivity contribution in [2.24, 2.45) is 0 Å². The summed E-state index contributed by atoms with van der Waals surface area (Å²) in [6.07, 6.45) is 0. The van der Waals surface area contributed by atoms with Crippen LogP contribution in [0.2, 0.25) is 0 Å². The van der Waals surface area contributed by atoms with Crippen LogP contribution >= 0.6 is 0 Å². The second-order valence-corrected chi connectivity index (χ2v) is 4.12. The molecule has 1 N–H and O–H groups in total. The van der Waals surface area contributed by atoms with Crippen LogP contribution in [-0.4, -0.2) is 0 Å². The summed E-state index contributed by atoms with van der Waals surface area (Å²) < 4.78 is 0. The minimum atomic E-state index is 0. The predicted molar refractivity (Wildman–Crippen MR) is 58.6 cm³/mol. The summed E-state index contributed by atoms with van der Waals surface area (Å²) in [5, 5.41) is 0. The zero-order chi connectivity index (χ0) is 10.0. The Labute approximate surface area is 109 Å². The fourth-order valence-electron chi connectivity index (χ4n) is 1.55. The first kappa shape index (κ1) is 14.0. The third-order valence-corrected chi connectivity index (χ3v) is 2.37. The fourth-order valence-corrected chi connectivity index (χ4v) is 1.55. The molecule has 14 heavy (non-hydrogen) atoms. The standard InChI is InChI=1S/C12H18N.Na/c1-8(2)10-6-5-7-11(9(3)4)12(10)13;/h5-9,13H,1-4H3;/q-1;+1. The molecule has 0 saturated carbocycles. The Kier molecular flexibility index (Phi) is 5.80. The first-order valence-corrected chi connectivity index (χ1v) is 4.88. The monoisotopic (exact) mass is 199 g/mol.